The van der Waals surface area contributed by atoms with Gasteiger partial charge in [-0.15, -0.1) is 11.3 Å². The number of halogens is 1. The Kier molecular flexibility index (Phi) is 8.23. The number of pyridine rings is 1. The molecule has 0 bridgehead atoms. The number of nitrogens with one attached hydrogen (secondary N) is 1. The first-order valence-corrected chi connectivity index (χ1v) is 13.1. The maximum atomic E-state index is 11.9. The van der Waals surface area contributed by atoms with E-state index in [-0.39, 0.29) is 18.0 Å². The van der Waals surface area contributed by atoms with E-state index in [2.05, 4.69) is 29.1 Å². The quantitative estimate of drug-likeness (QED) is 0.347. The van der Waals surface area contributed by atoms with Gasteiger partial charge in [0.1, 0.15) is 5.75 Å². The number of anilines is 1. The van der Waals surface area contributed by atoms with Crippen LogP contribution in [0.2, 0.25) is 4.34 Å². The van der Waals surface area contributed by atoms with E-state index in [1.165, 1.54) is 18.4 Å². The van der Waals surface area contributed by atoms with Gasteiger partial charge in [0.05, 0.1) is 39.7 Å². The van der Waals surface area contributed by atoms with Gasteiger partial charge >= 0.3 is 5.97 Å². The summed E-state index contributed by atoms with van der Waals surface area (Å²) in [5, 5.41) is 3.31. The van der Waals surface area contributed by atoms with Crippen LogP contribution in [0.4, 0.5) is 5.95 Å². The van der Waals surface area contributed by atoms with Gasteiger partial charge < -0.3 is 14.8 Å². The largest absolute Gasteiger partial charge is 0.489 e. The van der Waals surface area contributed by atoms with Crippen LogP contribution in [0, 0.1) is 12.8 Å². The molecular weight excluding hydrogens is 484 g/mol. The fourth-order valence-electron chi connectivity index (χ4n) is 4.31. The average Bonchev–Trinajstić information content (AvgIpc) is 3.24. The lowest BCUT2D eigenvalue weighted by Gasteiger charge is -2.28. The number of rotatable bonds is 8. The molecule has 1 saturated carbocycles. The normalized spacial score (nSPS) is 17.9. The number of carbonyl (C=O) groups excluding carboxylic acids is 1. The highest BCUT2D eigenvalue weighted by Gasteiger charge is 2.29. The monoisotopic (exact) mass is 514 g/mol. The summed E-state index contributed by atoms with van der Waals surface area (Å²) in [4.78, 5) is 26.7. The van der Waals surface area contributed by atoms with Gasteiger partial charge in [-0.2, -0.15) is 0 Å². The summed E-state index contributed by atoms with van der Waals surface area (Å²) in [5.41, 5.74) is 3.68. The third-order valence-electron chi connectivity index (χ3n) is 6.21. The molecule has 186 valence electrons. The van der Waals surface area contributed by atoms with Crippen LogP contribution in [0.1, 0.15) is 62.4 Å². The second kappa shape index (κ2) is 11.4. The van der Waals surface area contributed by atoms with Crippen molar-refractivity contribution in [3.63, 3.8) is 0 Å². The van der Waals surface area contributed by atoms with Gasteiger partial charge in [0.25, 0.3) is 0 Å². The number of thiophene rings is 1. The summed E-state index contributed by atoms with van der Waals surface area (Å²) < 4.78 is 11.9. The van der Waals surface area contributed by atoms with E-state index in [4.69, 9.17) is 26.1 Å². The summed E-state index contributed by atoms with van der Waals surface area (Å²) in [6, 6.07) is 7.81. The van der Waals surface area contributed by atoms with E-state index in [0.29, 0.717) is 29.2 Å². The van der Waals surface area contributed by atoms with Crippen molar-refractivity contribution in [3.05, 3.63) is 51.7 Å². The van der Waals surface area contributed by atoms with Crippen LogP contribution < -0.4 is 10.1 Å². The number of methoxy groups -OCH3 is 1. The van der Waals surface area contributed by atoms with Gasteiger partial charge in [0.15, 0.2) is 0 Å². The molecule has 3 aromatic rings. The lowest BCUT2D eigenvalue weighted by atomic mass is 9.87. The minimum Gasteiger partial charge on any atom is -0.489 e. The van der Waals surface area contributed by atoms with E-state index >= 15 is 0 Å². The van der Waals surface area contributed by atoms with Gasteiger partial charge in [-0.1, -0.05) is 25.4 Å². The smallest absolute Gasteiger partial charge is 0.308 e. The zero-order valence-corrected chi connectivity index (χ0v) is 22.1. The van der Waals surface area contributed by atoms with Crippen molar-refractivity contribution in [1.29, 1.82) is 0 Å². The molecule has 9 heteroatoms. The molecule has 0 aliphatic heterocycles. The Hall–Kier alpha value is -2.71. The van der Waals surface area contributed by atoms with Crippen LogP contribution in [-0.2, 0) is 16.1 Å². The van der Waals surface area contributed by atoms with E-state index in [1.54, 1.807) is 6.20 Å². The Morgan fingerprint density at radius 3 is 2.83 bits per heavy atom. The SMILES string of the molecule is COC(=O)[C@H]1CCC[C@H](Oc2ccc(-c3sc(Cl)cc3CNc3nccc(C(C)C)n3)nc2C)C1. The minimum absolute atomic E-state index is 0.0169. The zero-order valence-electron chi connectivity index (χ0n) is 20.5. The van der Waals surface area contributed by atoms with Crippen molar-refractivity contribution >= 4 is 34.9 Å². The van der Waals surface area contributed by atoms with Crippen LogP contribution in [0.15, 0.2) is 30.5 Å². The van der Waals surface area contributed by atoms with Crippen molar-refractivity contribution in [3.8, 4) is 16.3 Å². The summed E-state index contributed by atoms with van der Waals surface area (Å²) in [5.74, 6) is 1.42. The molecule has 0 spiro atoms. The number of nitrogens with zero attached hydrogens (tertiary/aromatic N) is 3. The Morgan fingerprint density at radius 2 is 2.09 bits per heavy atom. The molecule has 1 N–H and O–H groups in total. The highest BCUT2D eigenvalue weighted by molar-refractivity contribution is 7.19. The van der Waals surface area contributed by atoms with Crippen LogP contribution in [0.25, 0.3) is 10.6 Å². The van der Waals surface area contributed by atoms with Gasteiger partial charge in [-0.25, -0.2) is 15.0 Å². The van der Waals surface area contributed by atoms with Crippen molar-refractivity contribution in [2.75, 3.05) is 12.4 Å². The first kappa shape index (κ1) is 25.4. The van der Waals surface area contributed by atoms with Crippen LogP contribution in [0.3, 0.4) is 0 Å². The first-order valence-electron chi connectivity index (χ1n) is 11.9. The summed E-state index contributed by atoms with van der Waals surface area (Å²) in [6.45, 7) is 6.69. The lowest BCUT2D eigenvalue weighted by molar-refractivity contribution is -0.147. The number of aryl methyl sites for hydroxylation is 1. The fourth-order valence-corrected chi connectivity index (χ4v) is 5.55. The fraction of sp³-hybridized carbons (Fsp3) is 0.462. The predicted octanol–water partition coefficient (Wildman–Crippen LogP) is 6.41. The van der Waals surface area contributed by atoms with Crippen LogP contribution in [-0.4, -0.2) is 34.1 Å². The third-order valence-corrected chi connectivity index (χ3v) is 7.54. The van der Waals surface area contributed by atoms with Crippen molar-refractivity contribution < 1.29 is 14.3 Å². The van der Waals surface area contributed by atoms with Gasteiger partial charge in [0, 0.05) is 18.4 Å². The van der Waals surface area contributed by atoms with Crippen LogP contribution in [0.5, 0.6) is 5.75 Å². The highest BCUT2D eigenvalue weighted by atomic mass is 35.5. The molecule has 3 aromatic heterocycles. The Labute approximate surface area is 215 Å². The number of carbonyl (C=O) groups is 1. The number of hydrogen-bond donors (Lipinski definition) is 1. The molecule has 1 aliphatic carbocycles. The summed E-state index contributed by atoms with van der Waals surface area (Å²) in [7, 11) is 1.44. The molecule has 3 heterocycles. The van der Waals surface area contributed by atoms with E-state index in [1.807, 2.05) is 31.2 Å². The Bertz CT molecular complexity index is 1180. The summed E-state index contributed by atoms with van der Waals surface area (Å²) >= 11 is 7.88. The molecular formula is C26H31ClN4O3S. The van der Waals surface area contributed by atoms with E-state index in [0.717, 1.165) is 52.5 Å². The molecule has 7 nitrogen and oxygen atoms in total. The average molecular weight is 515 g/mol. The lowest BCUT2D eigenvalue weighted by Crippen LogP contribution is -2.30. The second-order valence-electron chi connectivity index (χ2n) is 9.12. The van der Waals surface area contributed by atoms with Gasteiger partial charge in [0.2, 0.25) is 5.95 Å². The minimum atomic E-state index is -0.152. The number of aromatic nitrogens is 3. The molecule has 4 rings (SSSR count). The standard InChI is InChI=1S/C26H31ClN4O3S/c1-15(2)20-10-11-28-26(31-20)29-14-18-13-23(27)35-24(18)21-8-9-22(16(3)30-21)34-19-7-5-6-17(12-19)25(32)33-4/h8-11,13,15,17,19H,5-7,12,14H2,1-4H3,(H,28,29,31)/t17-,19-/m0/s1. The summed E-state index contributed by atoms with van der Waals surface area (Å²) in [6.07, 6.45) is 5.15. The first-order chi connectivity index (χ1) is 16.8. The molecule has 0 amide bonds. The molecule has 0 unspecified atom stereocenters. The third kappa shape index (κ3) is 6.30. The second-order valence-corrected chi connectivity index (χ2v) is 10.8. The molecule has 1 aliphatic rings. The van der Waals surface area contributed by atoms with E-state index in [9.17, 15) is 4.79 Å². The zero-order chi connectivity index (χ0) is 24.9. The molecule has 35 heavy (non-hydrogen) atoms. The number of hydrogen-bond acceptors (Lipinski definition) is 8. The van der Waals surface area contributed by atoms with Crippen molar-refractivity contribution in [2.45, 2.75) is 65.0 Å². The number of esters is 1. The highest BCUT2D eigenvalue weighted by Crippen LogP contribution is 2.37. The van der Waals surface area contributed by atoms with Gasteiger partial charge in [-0.05, 0) is 68.4 Å². The van der Waals surface area contributed by atoms with E-state index < -0.39 is 0 Å². The molecule has 1 fully saturated rings. The Morgan fingerprint density at radius 1 is 1.26 bits per heavy atom. The molecule has 0 radical (unpaired) electrons. The maximum Gasteiger partial charge on any atom is 0.308 e. The van der Waals surface area contributed by atoms with Crippen molar-refractivity contribution in [2.24, 2.45) is 5.92 Å². The number of ether oxygens (including phenoxy) is 2. The van der Waals surface area contributed by atoms with Crippen LogP contribution >= 0.6 is 22.9 Å². The molecule has 0 aromatic carbocycles. The molecule has 2 atom stereocenters. The maximum absolute atomic E-state index is 11.9. The predicted molar refractivity (Wildman–Crippen MR) is 139 cm³/mol. The Balaban J connectivity index is 1.47. The van der Waals surface area contributed by atoms with Gasteiger partial charge in [-0.3, -0.25) is 4.79 Å². The topological polar surface area (TPSA) is 86.2 Å². The molecule has 0 saturated heterocycles. The van der Waals surface area contributed by atoms with Crippen molar-refractivity contribution in [1.82, 2.24) is 15.0 Å².